The lowest BCUT2D eigenvalue weighted by molar-refractivity contribution is -0.122. The topological polar surface area (TPSA) is 103 Å². The van der Waals surface area contributed by atoms with Crippen LogP contribution in [0.2, 0.25) is 0 Å². The molecule has 1 unspecified atom stereocenters. The number of anilines is 1. The first-order valence-electron chi connectivity index (χ1n) is 12.0. The minimum Gasteiger partial charge on any atom is -0.409 e. The Morgan fingerprint density at radius 1 is 1.09 bits per heavy atom. The number of rotatable bonds is 6. The maximum absolute atomic E-state index is 13.4. The summed E-state index contributed by atoms with van der Waals surface area (Å²) >= 11 is 0. The predicted octanol–water partition coefficient (Wildman–Crippen LogP) is 2.98. The van der Waals surface area contributed by atoms with Gasteiger partial charge >= 0.3 is 0 Å². The average Bonchev–Trinajstić information content (AvgIpc) is 3.25. The van der Waals surface area contributed by atoms with E-state index in [1.54, 1.807) is 0 Å². The number of oxime groups is 1. The van der Waals surface area contributed by atoms with Crippen LogP contribution >= 0.6 is 0 Å². The molecule has 7 nitrogen and oxygen atoms in total. The Labute approximate surface area is 199 Å². The van der Waals surface area contributed by atoms with Crippen molar-refractivity contribution in [3.8, 4) is 0 Å². The van der Waals surface area contributed by atoms with Crippen molar-refractivity contribution >= 4 is 28.2 Å². The lowest BCUT2D eigenvalue weighted by Crippen LogP contribution is -2.47. The van der Waals surface area contributed by atoms with Gasteiger partial charge in [-0.25, -0.2) is 0 Å². The van der Waals surface area contributed by atoms with Crippen LogP contribution in [-0.2, 0) is 17.8 Å². The lowest BCUT2D eigenvalue weighted by Gasteiger charge is -2.29. The van der Waals surface area contributed by atoms with E-state index < -0.39 is 0 Å². The second-order valence-electron chi connectivity index (χ2n) is 9.30. The van der Waals surface area contributed by atoms with Crippen LogP contribution in [0, 0.1) is 5.92 Å². The molecule has 1 saturated heterocycles. The number of nitrogens with zero attached hydrogens (tertiary/aromatic N) is 2. The van der Waals surface area contributed by atoms with E-state index >= 15 is 0 Å². The van der Waals surface area contributed by atoms with Gasteiger partial charge in [-0.1, -0.05) is 53.7 Å². The van der Waals surface area contributed by atoms with Crippen molar-refractivity contribution in [2.45, 2.75) is 31.8 Å². The smallest absolute Gasteiger partial charge is 0.243 e. The van der Waals surface area contributed by atoms with Gasteiger partial charge in [0.2, 0.25) is 5.91 Å². The molecular weight excluding hydrogens is 426 g/mol. The molecule has 5 N–H and O–H groups in total. The summed E-state index contributed by atoms with van der Waals surface area (Å²) < 4.78 is 0. The van der Waals surface area contributed by atoms with Crippen molar-refractivity contribution in [2.24, 2.45) is 16.8 Å². The van der Waals surface area contributed by atoms with Crippen LogP contribution in [0.1, 0.15) is 29.5 Å². The highest BCUT2D eigenvalue weighted by Gasteiger charge is 2.35. The highest BCUT2D eigenvalue weighted by Crippen LogP contribution is 2.35. The molecule has 2 aliphatic rings. The van der Waals surface area contributed by atoms with Gasteiger partial charge in [0.15, 0.2) is 5.84 Å². The predicted molar refractivity (Wildman–Crippen MR) is 135 cm³/mol. The molecule has 2 heterocycles. The summed E-state index contributed by atoms with van der Waals surface area (Å²) in [6.07, 6.45) is 2.82. The number of nitrogens with one attached hydrogen (secondary N) is 2. The van der Waals surface area contributed by atoms with Gasteiger partial charge in [-0.15, -0.1) is 0 Å². The van der Waals surface area contributed by atoms with Crippen LogP contribution in [0.25, 0.3) is 10.8 Å². The maximum Gasteiger partial charge on any atom is 0.243 e. The number of piperidine rings is 1. The number of hydrogen-bond donors (Lipinski definition) is 4. The summed E-state index contributed by atoms with van der Waals surface area (Å²) in [5.74, 6) is 0.642. The Hall–Kier alpha value is -3.58. The Bertz CT molecular complexity index is 1220. The van der Waals surface area contributed by atoms with Crippen LogP contribution < -0.4 is 21.3 Å². The summed E-state index contributed by atoms with van der Waals surface area (Å²) in [6, 6.07) is 20.2. The molecule has 0 saturated carbocycles. The first-order chi connectivity index (χ1) is 16.6. The Morgan fingerprint density at radius 2 is 1.88 bits per heavy atom. The van der Waals surface area contributed by atoms with Gasteiger partial charge in [-0.3, -0.25) is 4.79 Å². The number of fused-ring (bicyclic) bond motifs is 2. The van der Waals surface area contributed by atoms with Crippen LogP contribution in [0.4, 0.5) is 5.69 Å². The molecule has 0 aliphatic carbocycles. The molecule has 176 valence electrons. The molecule has 1 amide bonds. The fourth-order valence-corrected chi connectivity index (χ4v) is 5.12. The molecule has 2 aliphatic heterocycles. The molecule has 0 bridgehead atoms. The third-order valence-electron chi connectivity index (χ3n) is 7.08. The van der Waals surface area contributed by atoms with E-state index in [1.165, 1.54) is 10.8 Å². The molecule has 1 fully saturated rings. The first kappa shape index (κ1) is 22.2. The van der Waals surface area contributed by atoms with Crippen molar-refractivity contribution < 1.29 is 10.0 Å². The van der Waals surface area contributed by atoms with Gasteiger partial charge in [0.25, 0.3) is 0 Å². The summed E-state index contributed by atoms with van der Waals surface area (Å²) in [6.45, 7) is 3.34. The van der Waals surface area contributed by atoms with E-state index in [2.05, 4.69) is 51.0 Å². The van der Waals surface area contributed by atoms with Crippen molar-refractivity contribution in [3.63, 3.8) is 0 Å². The van der Waals surface area contributed by atoms with Crippen LogP contribution in [0.15, 0.2) is 65.8 Å². The number of carbonyl (C=O) groups excluding carboxylic acids is 1. The largest absolute Gasteiger partial charge is 0.409 e. The Morgan fingerprint density at radius 3 is 2.68 bits per heavy atom. The van der Waals surface area contributed by atoms with Crippen molar-refractivity contribution in [1.82, 2.24) is 10.6 Å². The van der Waals surface area contributed by atoms with E-state index in [-0.39, 0.29) is 17.8 Å². The van der Waals surface area contributed by atoms with E-state index in [0.29, 0.717) is 31.0 Å². The zero-order valence-corrected chi connectivity index (χ0v) is 19.2. The lowest BCUT2D eigenvalue weighted by atomic mass is 9.98. The SMILES string of the molecule is N/C(=N/O)c1ccc2c(c1)N(Cc1ccc3ccccc3c1)C(C(=O)NCC1CCNCC1)C2. The van der Waals surface area contributed by atoms with E-state index in [1.807, 2.05) is 30.3 Å². The summed E-state index contributed by atoms with van der Waals surface area (Å²) in [5, 5.41) is 21.3. The second kappa shape index (κ2) is 9.73. The fraction of sp³-hybridized carbons (Fsp3) is 0.333. The zero-order chi connectivity index (χ0) is 23.5. The summed E-state index contributed by atoms with van der Waals surface area (Å²) in [4.78, 5) is 15.5. The van der Waals surface area contributed by atoms with Crippen LogP contribution in [0.5, 0.6) is 0 Å². The highest BCUT2D eigenvalue weighted by molar-refractivity contribution is 5.99. The number of carbonyl (C=O) groups is 1. The van der Waals surface area contributed by atoms with Crippen molar-refractivity contribution in [3.05, 3.63) is 77.4 Å². The molecule has 0 aromatic heterocycles. The van der Waals surface area contributed by atoms with Gasteiger partial charge < -0.3 is 26.5 Å². The molecule has 0 spiro atoms. The Kier molecular flexibility index (Phi) is 6.36. The van der Waals surface area contributed by atoms with Crippen LogP contribution in [-0.4, -0.2) is 42.6 Å². The highest BCUT2D eigenvalue weighted by atomic mass is 16.4. The second-order valence-corrected chi connectivity index (χ2v) is 9.30. The van der Waals surface area contributed by atoms with E-state index in [4.69, 9.17) is 10.9 Å². The maximum atomic E-state index is 13.4. The number of amides is 1. The normalized spacial score (nSPS) is 18.8. The minimum atomic E-state index is -0.300. The molecule has 0 radical (unpaired) electrons. The minimum absolute atomic E-state index is 0.0564. The van der Waals surface area contributed by atoms with Gasteiger partial charge in [0, 0.05) is 30.8 Å². The average molecular weight is 458 g/mol. The molecular formula is C27H31N5O2. The molecule has 34 heavy (non-hydrogen) atoms. The molecule has 3 aromatic rings. The van der Waals surface area contributed by atoms with Crippen molar-refractivity contribution in [2.75, 3.05) is 24.5 Å². The van der Waals surface area contributed by atoms with Crippen LogP contribution in [0.3, 0.4) is 0 Å². The van der Waals surface area contributed by atoms with E-state index in [9.17, 15) is 4.79 Å². The van der Waals surface area contributed by atoms with E-state index in [0.717, 1.165) is 42.7 Å². The third kappa shape index (κ3) is 4.56. The quantitative estimate of drug-likeness (QED) is 0.197. The molecule has 5 rings (SSSR count). The van der Waals surface area contributed by atoms with Gasteiger partial charge in [-0.2, -0.15) is 0 Å². The van der Waals surface area contributed by atoms with Gasteiger partial charge in [-0.05, 0) is 65.9 Å². The fourth-order valence-electron chi connectivity index (χ4n) is 5.12. The number of amidine groups is 1. The molecule has 1 atom stereocenters. The Balaban J connectivity index is 1.42. The van der Waals surface area contributed by atoms with Gasteiger partial charge in [0.05, 0.1) is 0 Å². The monoisotopic (exact) mass is 457 g/mol. The number of nitrogens with two attached hydrogens (primary N) is 1. The third-order valence-corrected chi connectivity index (χ3v) is 7.08. The number of benzene rings is 3. The zero-order valence-electron chi connectivity index (χ0n) is 19.2. The molecule has 3 aromatic carbocycles. The van der Waals surface area contributed by atoms with Gasteiger partial charge in [0.1, 0.15) is 6.04 Å². The number of hydrogen-bond acceptors (Lipinski definition) is 5. The summed E-state index contributed by atoms with van der Waals surface area (Å²) in [5.41, 5.74) is 9.70. The standard InChI is InChI=1S/C27H31N5O2/c28-26(31-34)23-8-7-22-14-25(27(33)30-16-18-9-11-29-12-10-18)32(24(22)15-23)17-19-5-6-20-3-1-2-4-21(20)13-19/h1-8,13,15,18,25,29,34H,9-12,14,16-17H2,(H2,28,31)(H,30,33). The first-order valence-corrected chi connectivity index (χ1v) is 12.0. The van der Waals surface area contributed by atoms with Crippen molar-refractivity contribution in [1.29, 1.82) is 0 Å². The summed E-state index contributed by atoms with van der Waals surface area (Å²) in [7, 11) is 0. The molecule has 7 heteroatoms.